The first-order chi connectivity index (χ1) is 8.42. The summed E-state index contributed by atoms with van der Waals surface area (Å²) in [6.45, 7) is 1.56. The number of esters is 1. The van der Waals surface area contributed by atoms with E-state index in [0.29, 0.717) is 22.6 Å². The van der Waals surface area contributed by atoms with Crippen LogP contribution in [0.25, 0.3) is 0 Å². The van der Waals surface area contributed by atoms with Crippen molar-refractivity contribution in [1.82, 2.24) is 0 Å². The monoisotopic (exact) mass is 438 g/mol. The fourth-order valence-electron chi connectivity index (χ4n) is 6.89. The molecule has 5 heteroatoms. The number of halogens is 3. The molecule has 6 rings (SSSR count). The van der Waals surface area contributed by atoms with Gasteiger partial charge in [-0.1, -0.05) is 47.8 Å². The second-order valence-electron chi connectivity index (χ2n) is 6.77. The maximum Gasteiger partial charge on any atom is 0.303 e. The van der Waals surface area contributed by atoms with Gasteiger partial charge in [-0.05, 0) is 36.0 Å². The number of hydrogen-bond acceptors (Lipinski definition) is 2. The van der Waals surface area contributed by atoms with E-state index in [2.05, 4.69) is 47.8 Å². The van der Waals surface area contributed by atoms with Crippen LogP contribution in [0.5, 0.6) is 0 Å². The highest BCUT2D eigenvalue weighted by Gasteiger charge is 2.93. The summed E-state index contributed by atoms with van der Waals surface area (Å²) in [5, 5.41) is 0. The highest BCUT2D eigenvalue weighted by atomic mass is 79.9. The van der Waals surface area contributed by atoms with Gasteiger partial charge in [0.05, 0.1) is 8.06 Å². The molecule has 0 aromatic carbocycles. The molecule has 2 nitrogen and oxygen atoms in total. The highest BCUT2D eigenvalue weighted by Crippen LogP contribution is 2.90. The minimum Gasteiger partial charge on any atom is -0.457 e. The van der Waals surface area contributed by atoms with Gasteiger partial charge in [0.2, 0.25) is 0 Å². The van der Waals surface area contributed by atoms with Gasteiger partial charge >= 0.3 is 5.97 Å². The minimum absolute atomic E-state index is 0.00146. The summed E-state index contributed by atoms with van der Waals surface area (Å²) in [5.74, 6) is 4.64. The Kier molecular flexibility index (Phi) is 1.87. The van der Waals surface area contributed by atoms with Crippen molar-refractivity contribution in [3.05, 3.63) is 0 Å². The molecule has 18 heavy (non-hydrogen) atoms. The maximum absolute atomic E-state index is 11.6. The minimum atomic E-state index is -0.240. The van der Waals surface area contributed by atoms with Crippen LogP contribution in [-0.4, -0.2) is 19.6 Å². The van der Waals surface area contributed by atoms with Crippen molar-refractivity contribution >= 4 is 53.8 Å². The molecule has 0 saturated heterocycles. The second kappa shape index (κ2) is 2.92. The molecule has 0 aromatic rings. The Labute approximate surface area is 131 Å². The third-order valence-corrected chi connectivity index (χ3v) is 10.00. The Morgan fingerprint density at radius 2 is 1.89 bits per heavy atom. The van der Waals surface area contributed by atoms with Gasteiger partial charge in [0.15, 0.2) is 0 Å². The third kappa shape index (κ3) is 0.828. The van der Waals surface area contributed by atoms with Gasteiger partial charge in [0.1, 0.15) is 5.60 Å². The van der Waals surface area contributed by atoms with Crippen molar-refractivity contribution in [3.63, 3.8) is 0 Å². The summed E-state index contributed by atoms with van der Waals surface area (Å²) in [7, 11) is 0. The van der Waals surface area contributed by atoms with E-state index in [-0.39, 0.29) is 14.8 Å². The average Bonchev–Trinajstić information content (AvgIpc) is 2.93. The van der Waals surface area contributed by atoms with Gasteiger partial charge in [0, 0.05) is 18.8 Å². The molecule has 6 bridgehead atoms. The fourth-order valence-corrected chi connectivity index (χ4v) is 10.9. The molecular weight excluding hydrogens is 428 g/mol. The lowest BCUT2D eigenvalue weighted by atomic mass is 9.69. The van der Waals surface area contributed by atoms with Crippen LogP contribution in [-0.2, 0) is 9.53 Å². The lowest BCUT2D eigenvalue weighted by molar-refractivity contribution is -0.167. The summed E-state index contributed by atoms with van der Waals surface area (Å²) < 4.78 is 5.98. The normalized spacial score (nSPS) is 67.6. The zero-order valence-corrected chi connectivity index (χ0v) is 14.5. The van der Waals surface area contributed by atoms with Crippen LogP contribution >= 0.6 is 47.8 Å². The van der Waals surface area contributed by atoms with Gasteiger partial charge < -0.3 is 4.74 Å². The molecule has 6 aliphatic rings. The zero-order chi connectivity index (χ0) is 12.6. The summed E-state index contributed by atoms with van der Waals surface area (Å²) in [4.78, 5) is 12.0. The molecule has 0 unspecified atom stereocenters. The van der Waals surface area contributed by atoms with Crippen LogP contribution in [0.4, 0.5) is 0 Å². The Balaban J connectivity index is 1.76. The van der Waals surface area contributed by atoms with Crippen molar-refractivity contribution in [3.8, 4) is 0 Å². The molecule has 0 heterocycles. The smallest absolute Gasteiger partial charge is 0.303 e. The second-order valence-corrected chi connectivity index (χ2v) is 11.4. The molecular formula is C13H13Br3O2. The molecule has 6 aliphatic carbocycles. The zero-order valence-electron chi connectivity index (χ0n) is 9.78. The van der Waals surface area contributed by atoms with Gasteiger partial charge in [-0.3, -0.25) is 4.79 Å². The van der Waals surface area contributed by atoms with Crippen molar-refractivity contribution in [2.75, 3.05) is 0 Å². The number of carbonyl (C=O) groups excluding carboxylic acids is 1. The molecule has 0 radical (unpaired) electrons. The molecule has 0 aromatic heterocycles. The summed E-state index contributed by atoms with van der Waals surface area (Å²) in [5.41, 5.74) is -0.240. The van der Waals surface area contributed by atoms with Crippen LogP contribution in [0.3, 0.4) is 0 Å². The van der Waals surface area contributed by atoms with E-state index in [4.69, 9.17) is 4.74 Å². The molecule has 9 atom stereocenters. The molecule has 98 valence electrons. The Morgan fingerprint density at radius 1 is 1.22 bits per heavy atom. The lowest BCUT2D eigenvalue weighted by Crippen LogP contribution is -2.49. The van der Waals surface area contributed by atoms with E-state index in [0.717, 1.165) is 23.7 Å². The third-order valence-electron chi connectivity index (χ3n) is 6.63. The number of hydrogen-bond donors (Lipinski definition) is 0. The fraction of sp³-hybridized carbons (Fsp3) is 0.923. The van der Waals surface area contributed by atoms with Gasteiger partial charge in [0.25, 0.3) is 0 Å². The Bertz CT molecular complexity index is 493. The first-order valence-electron chi connectivity index (χ1n) is 6.64. The summed E-state index contributed by atoms with van der Waals surface area (Å²) in [6.07, 6.45) is 1.35. The number of rotatable bonds is 1. The van der Waals surface area contributed by atoms with Crippen molar-refractivity contribution < 1.29 is 9.53 Å². The van der Waals surface area contributed by atoms with Gasteiger partial charge in [-0.2, -0.15) is 0 Å². The summed E-state index contributed by atoms with van der Waals surface area (Å²) >= 11 is 11.8. The van der Waals surface area contributed by atoms with E-state index in [1.807, 2.05) is 0 Å². The standard InChI is InChI=1S/C13H13Br3O2/c1-3(17)18-12-8-5-2-4-6(7(5)11(12)14)10(12)13(15,16)9(4)8/h4-11H,2H2,1H3/t4-,5+,6+,7-,8-,9+,10+,11+,12+/m1/s1. The highest BCUT2D eigenvalue weighted by molar-refractivity contribution is 9.25. The predicted molar refractivity (Wildman–Crippen MR) is 76.8 cm³/mol. The SMILES string of the molecule is CC(=O)O[C@]12[C@@H]3[C@H]4C[C@@H]5[C@@H]([C@@H]4[C@@H]1Br)[C@@H]2C(Br)(Br)[C@@H]53. The first kappa shape index (κ1) is 11.6. The van der Waals surface area contributed by atoms with Gasteiger partial charge in [-0.15, -0.1) is 0 Å². The molecule has 0 amide bonds. The number of ether oxygens (including phenoxy) is 1. The van der Waals surface area contributed by atoms with Crippen molar-refractivity contribution in [1.29, 1.82) is 0 Å². The Hall–Kier alpha value is 0.910. The van der Waals surface area contributed by atoms with Crippen LogP contribution in [0, 0.1) is 41.4 Å². The largest absolute Gasteiger partial charge is 0.457 e. The average molecular weight is 441 g/mol. The van der Waals surface area contributed by atoms with E-state index in [1.165, 1.54) is 6.42 Å². The van der Waals surface area contributed by atoms with Gasteiger partial charge in [-0.25, -0.2) is 0 Å². The van der Waals surface area contributed by atoms with E-state index >= 15 is 0 Å². The van der Waals surface area contributed by atoms with Crippen molar-refractivity contribution in [2.24, 2.45) is 41.4 Å². The topological polar surface area (TPSA) is 26.3 Å². The molecule has 0 spiro atoms. The van der Waals surface area contributed by atoms with Crippen LogP contribution in [0.2, 0.25) is 0 Å². The lowest BCUT2D eigenvalue weighted by Gasteiger charge is -2.41. The predicted octanol–water partition coefficient (Wildman–Crippen LogP) is 3.31. The number of carbonyl (C=O) groups is 1. The maximum atomic E-state index is 11.6. The quantitative estimate of drug-likeness (QED) is 0.462. The first-order valence-corrected chi connectivity index (χ1v) is 9.14. The van der Waals surface area contributed by atoms with E-state index < -0.39 is 0 Å². The van der Waals surface area contributed by atoms with E-state index in [9.17, 15) is 4.79 Å². The Morgan fingerprint density at radius 3 is 2.56 bits per heavy atom. The van der Waals surface area contributed by atoms with Crippen LogP contribution in [0.15, 0.2) is 0 Å². The van der Waals surface area contributed by atoms with E-state index in [1.54, 1.807) is 6.92 Å². The van der Waals surface area contributed by atoms with Crippen molar-refractivity contribution in [2.45, 2.75) is 27.0 Å². The van der Waals surface area contributed by atoms with Crippen LogP contribution in [0.1, 0.15) is 13.3 Å². The molecule has 0 N–H and O–H groups in total. The molecule has 0 aliphatic heterocycles. The molecule has 6 saturated carbocycles. The van der Waals surface area contributed by atoms with Crippen LogP contribution < -0.4 is 0 Å². The summed E-state index contributed by atoms with van der Waals surface area (Å²) in [6, 6.07) is 0. The number of alkyl halides is 3. The molecule has 6 fully saturated rings.